The summed E-state index contributed by atoms with van der Waals surface area (Å²) >= 11 is 0. The molecule has 15 aromatic carbocycles. The molecule has 0 N–H and O–H groups in total. The van der Waals surface area contributed by atoms with Gasteiger partial charge in [-0.25, -0.2) is 0 Å². The maximum absolute atomic E-state index is 3.78. The van der Waals surface area contributed by atoms with E-state index in [1.54, 1.807) is 0 Å². The molecule has 16 rings (SSSR count). The predicted molar refractivity (Wildman–Crippen MR) is 415 cm³/mol. The van der Waals surface area contributed by atoms with Gasteiger partial charge in [-0.05, 0) is 268 Å². The van der Waals surface area contributed by atoms with Gasteiger partial charge in [-0.1, -0.05) is 250 Å². The molecular formula is C97H70. The monoisotopic (exact) mass is 1230 g/mol. The fraction of sp³-hybridized carbons (Fsp3) is 0.155. The van der Waals surface area contributed by atoms with E-state index >= 15 is 0 Å². The molecule has 0 amide bonds. The molecule has 458 valence electrons. The van der Waals surface area contributed by atoms with Crippen LogP contribution in [0.5, 0.6) is 0 Å². The standard InChI is InChI=1S/C97H70/c1-58(2)93-73-35-13-25-63-23-11-12-24-64-26-14-36-74-84(64)54-86-66(28-16-38-76(86)94(74)59(3)4)46-48-68-30-18-40-78-88(68)56-90-70(32-20-42-80(90)96(78)61(7)8)50-52-72-34-22-44-82-92(72)57-91-71(33-21-43-81(91)97(82)62(9)10)51-49-69-31-19-41-79-89(69)55-87-67(29-17-39-77(87)95(79)60(5)6)47-45-65-27-15-37-75(93)85(65)53-83(63)73/h13-22,25-44,53-62H,1-10H3. The largest absolute Gasteiger partial charge is 0.0610 e. The van der Waals surface area contributed by atoms with E-state index in [1.165, 1.54) is 81.7 Å². The van der Waals surface area contributed by atoms with E-state index in [9.17, 15) is 0 Å². The van der Waals surface area contributed by atoms with Crippen molar-refractivity contribution in [2.24, 2.45) is 0 Å². The summed E-state index contributed by atoms with van der Waals surface area (Å²) in [6, 6.07) is 77.5. The van der Waals surface area contributed by atoms with Crippen LogP contribution in [0.1, 0.15) is 182 Å². The van der Waals surface area contributed by atoms with Gasteiger partial charge in [0.25, 0.3) is 0 Å². The maximum Gasteiger partial charge on any atom is 0.0334 e. The summed E-state index contributed by atoms with van der Waals surface area (Å²) in [6.45, 7) is 23.0. The second-order valence-corrected chi connectivity index (χ2v) is 27.7. The lowest BCUT2D eigenvalue weighted by Crippen LogP contribution is -1.96. The topological polar surface area (TPSA) is 0 Å². The van der Waals surface area contributed by atoms with E-state index in [0.717, 1.165) is 109 Å². The van der Waals surface area contributed by atoms with Crippen LogP contribution >= 0.6 is 0 Å². The summed E-state index contributed by atoms with van der Waals surface area (Å²) in [7, 11) is 0. The maximum atomic E-state index is 3.78. The molecule has 0 aliphatic heterocycles. The zero-order chi connectivity index (χ0) is 66.3. The molecule has 0 heteroatoms. The third kappa shape index (κ3) is 10.3. The van der Waals surface area contributed by atoms with E-state index in [2.05, 4.69) is 353 Å². The number of rotatable bonds is 5. The van der Waals surface area contributed by atoms with Crippen molar-refractivity contribution in [2.45, 2.75) is 98.8 Å². The summed E-state index contributed by atoms with van der Waals surface area (Å²) in [5.41, 5.74) is 16.2. The van der Waals surface area contributed by atoms with Crippen molar-refractivity contribution in [3.63, 3.8) is 0 Å². The van der Waals surface area contributed by atoms with Crippen LogP contribution in [0.15, 0.2) is 212 Å². The Morgan fingerprint density at radius 1 is 0.155 bits per heavy atom. The summed E-state index contributed by atoms with van der Waals surface area (Å²) in [5.74, 6) is 45.1. The molecule has 1 aliphatic rings. The Hall–Kier alpha value is -11.7. The molecule has 0 heterocycles. The van der Waals surface area contributed by atoms with Crippen molar-refractivity contribution in [3.8, 4) is 71.0 Å². The van der Waals surface area contributed by atoms with Crippen LogP contribution in [0.2, 0.25) is 0 Å². The van der Waals surface area contributed by atoms with E-state index in [4.69, 9.17) is 0 Å². The summed E-state index contributed by atoms with van der Waals surface area (Å²) in [6.07, 6.45) is 0. The zero-order valence-electron chi connectivity index (χ0n) is 56.6. The Bertz CT molecular complexity index is 5990. The Labute approximate surface area is 569 Å². The van der Waals surface area contributed by atoms with Crippen LogP contribution in [-0.2, 0) is 0 Å². The minimum Gasteiger partial charge on any atom is -0.0610 e. The van der Waals surface area contributed by atoms with Crippen LogP contribution in [0.4, 0.5) is 0 Å². The molecule has 0 saturated heterocycles. The average molecular weight is 1240 g/mol. The van der Waals surface area contributed by atoms with Crippen molar-refractivity contribution < 1.29 is 0 Å². The highest BCUT2D eigenvalue weighted by Crippen LogP contribution is 2.43. The molecule has 0 saturated carbocycles. The van der Waals surface area contributed by atoms with Gasteiger partial charge in [-0.2, -0.15) is 0 Å². The summed E-state index contributed by atoms with van der Waals surface area (Å²) in [5, 5.41) is 23.2. The fourth-order valence-electron chi connectivity index (χ4n) is 15.9. The first-order valence-corrected chi connectivity index (χ1v) is 34.3. The minimum atomic E-state index is 0.236. The molecule has 97 heavy (non-hydrogen) atoms. The van der Waals surface area contributed by atoms with Gasteiger partial charge >= 0.3 is 0 Å². The smallest absolute Gasteiger partial charge is 0.0334 e. The molecule has 0 aromatic heterocycles. The van der Waals surface area contributed by atoms with E-state index in [1.807, 2.05) is 0 Å². The first-order valence-electron chi connectivity index (χ1n) is 34.3. The van der Waals surface area contributed by atoms with Crippen molar-refractivity contribution in [3.05, 3.63) is 296 Å². The molecule has 0 nitrogen and oxygen atoms in total. The molecular weight excluding hydrogens is 1170 g/mol. The summed E-state index contributed by atoms with van der Waals surface area (Å²) in [4.78, 5) is 0. The van der Waals surface area contributed by atoms with Crippen molar-refractivity contribution >= 4 is 108 Å². The Balaban J connectivity index is 0.964. The van der Waals surface area contributed by atoms with E-state index in [-0.39, 0.29) is 29.6 Å². The van der Waals surface area contributed by atoms with Crippen LogP contribution in [-0.4, -0.2) is 0 Å². The Morgan fingerprint density at radius 2 is 0.278 bits per heavy atom. The van der Waals surface area contributed by atoms with Crippen LogP contribution < -0.4 is 0 Å². The van der Waals surface area contributed by atoms with Gasteiger partial charge < -0.3 is 0 Å². The lowest BCUT2D eigenvalue weighted by atomic mass is 9.86. The van der Waals surface area contributed by atoms with Crippen LogP contribution in [0.3, 0.4) is 0 Å². The van der Waals surface area contributed by atoms with Crippen molar-refractivity contribution in [1.29, 1.82) is 0 Å². The normalized spacial score (nSPS) is 12.1. The Kier molecular flexibility index (Phi) is 15.0. The first kappa shape index (κ1) is 60.2. The van der Waals surface area contributed by atoms with Gasteiger partial charge in [-0.15, -0.1) is 0 Å². The van der Waals surface area contributed by atoms with Gasteiger partial charge in [0.1, 0.15) is 0 Å². The third-order valence-electron chi connectivity index (χ3n) is 20.1. The minimum absolute atomic E-state index is 0.236. The Morgan fingerprint density at radius 3 is 0.402 bits per heavy atom. The first-order chi connectivity index (χ1) is 47.3. The van der Waals surface area contributed by atoms with E-state index in [0.29, 0.717) is 0 Å². The van der Waals surface area contributed by atoms with Crippen molar-refractivity contribution in [2.75, 3.05) is 0 Å². The average Bonchev–Trinajstić information content (AvgIpc) is 0.783. The summed E-state index contributed by atoms with van der Waals surface area (Å²) < 4.78 is 0. The molecule has 1 aliphatic carbocycles. The molecule has 0 atom stereocenters. The lowest BCUT2D eigenvalue weighted by molar-refractivity contribution is 0.885. The second kappa shape index (κ2) is 24.2. The SMILES string of the molecule is CC(C)c1c2cccc3c2cc2c(cccc12)C#Cc1cccc2c(C(C)C)c4cccc(c4cc12)C#Cc1cccc2c(C(C)C)c4cccc(c4cc12)C#Cc1cccc2c(C(C)C)c4cccc(c4cc12)C#Cc1cccc2c(C(C)C)c4cccc(c4cc12)C#CC#C3. The highest BCUT2D eigenvalue weighted by Gasteiger charge is 2.21. The number of hydrogen-bond donors (Lipinski definition) is 0. The van der Waals surface area contributed by atoms with Crippen LogP contribution in [0.25, 0.3) is 108 Å². The van der Waals surface area contributed by atoms with Gasteiger partial charge in [0, 0.05) is 55.6 Å². The molecule has 0 spiro atoms. The zero-order valence-corrected chi connectivity index (χ0v) is 56.6. The van der Waals surface area contributed by atoms with Gasteiger partial charge in [0.15, 0.2) is 0 Å². The fourth-order valence-corrected chi connectivity index (χ4v) is 15.9. The number of benzene rings is 15. The number of hydrogen-bond acceptors (Lipinski definition) is 0. The quantitative estimate of drug-likeness (QED) is 0.119. The van der Waals surface area contributed by atoms with Crippen LogP contribution in [0, 0.1) is 71.0 Å². The van der Waals surface area contributed by atoms with Crippen molar-refractivity contribution in [1.82, 2.24) is 0 Å². The van der Waals surface area contributed by atoms with Gasteiger partial charge in [0.05, 0.1) is 0 Å². The second-order valence-electron chi connectivity index (χ2n) is 27.7. The molecule has 15 aromatic rings. The highest BCUT2D eigenvalue weighted by atomic mass is 14.2. The van der Waals surface area contributed by atoms with E-state index < -0.39 is 0 Å². The van der Waals surface area contributed by atoms with Gasteiger partial charge in [-0.3, -0.25) is 0 Å². The molecule has 0 fully saturated rings. The highest BCUT2D eigenvalue weighted by molar-refractivity contribution is 6.12. The lowest BCUT2D eigenvalue weighted by Gasteiger charge is -2.17. The molecule has 10 bridgehead atoms. The van der Waals surface area contributed by atoms with Gasteiger partial charge in [0.2, 0.25) is 0 Å². The predicted octanol–water partition coefficient (Wildman–Crippen LogP) is 24.2. The molecule has 0 radical (unpaired) electrons. The third-order valence-corrected chi connectivity index (χ3v) is 20.1. The molecule has 0 unspecified atom stereocenters.